The number of rotatable bonds is 4. The summed E-state index contributed by atoms with van der Waals surface area (Å²) in [6.45, 7) is 11.3. The summed E-state index contributed by atoms with van der Waals surface area (Å²) in [5, 5.41) is 3.67. The van der Waals surface area contributed by atoms with Gasteiger partial charge in [-0.25, -0.2) is 14.7 Å². The summed E-state index contributed by atoms with van der Waals surface area (Å²) < 4.78 is 11.1. The third kappa shape index (κ3) is 3.88. The maximum absolute atomic E-state index is 13.1. The summed E-state index contributed by atoms with van der Waals surface area (Å²) in [5.41, 5.74) is 0.834. The fraction of sp³-hybridized carbons (Fsp3) is 0.667. The van der Waals surface area contributed by atoms with E-state index < -0.39 is 17.6 Å². The minimum Gasteiger partial charge on any atom is -0.443 e. The van der Waals surface area contributed by atoms with Gasteiger partial charge in [0.1, 0.15) is 10.8 Å². The highest BCUT2D eigenvalue weighted by Crippen LogP contribution is 2.35. The highest BCUT2D eigenvalue weighted by molar-refractivity contribution is 6.31. The van der Waals surface area contributed by atoms with Crippen molar-refractivity contribution in [1.82, 2.24) is 14.8 Å². The lowest BCUT2D eigenvalue weighted by atomic mass is 10.1. The van der Waals surface area contributed by atoms with Crippen molar-refractivity contribution in [2.75, 3.05) is 18.5 Å². The van der Waals surface area contributed by atoms with Crippen LogP contribution in [0.15, 0.2) is 6.20 Å². The molecule has 3 aliphatic heterocycles. The van der Waals surface area contributed by atoms with Gasteiger partial charge in [-0.05, 0) is 41.0 Å². The van der Waals surface area contributed by atoms with Crippen LogP contribution in [0.1, 0.15) is 57.0 Å². The van der Waals surface area contributed by atoms with Crippen LogP contribution >= 0.6 is 11.6 Å². The number of amides is 2. The van der Waals surface area contributed by atoms with Crippen LogP contribution in [0.4, 0.5) is 10.5 Å². The molecule has 30 heavy (non-hydrogen) atoms. The minimum atomic E-state index is -0.696. The molecular formula is C21H29ClN4O4. The van der Waals surface area contributed by atoms with Crippen molar-refractivity contribution in [3.8, 4) is 0 Å². The number of halogens is 1. The lowest BCUT2D eigenvalue weighted by molar-refractivity contribution is 0.0122. The number of hydrogen-bond donors (Lipinski definition) is 1. The second kappa shape index (κ2) is 7.66. The number of nitrogens with one attached hydrogen (secondary N) is 1. The van der Waals surface area contributed by atoms with Gasteiger partial charge in [0.05, 0.1) is 36.7 Å². The summed E-state index contributed by atoms with van der Waals surface area (Å²) in [6.07, 6.45) is 2.30. The average Bonchev–Trinajstić information content (AvgIpc) is 3.36. The standard InChI is InChI=1S/C21H29ClN4O4/c1-11(12(2)25-8-14-6-13(25)10-29-14)24-16-7-23-18(22)15-9-26(19(27)17(15)16)20(28)30-21(3,4)5/h7,11-14,24H,6,8-10H2,1-5H3/t11-,12?,13-,14-/m0/s1. The lowest BCUT2D eigenvalue weighted by Gasteiger charge is -2.36. The Morgan fingerprint density at radius 1 is 1.40 bits per heavy atom. The van der Waals surface area contributed by atoms with E-state index in [9.17, 15) is 9.59 Å². The first-order valence-electron chi connectivity index (χ1n) is 10.4. The van der Waals surface area contributed by atoms with Crippen LogP contribution < -0.4 is 5.32 Å². The van der Waals surface area contributed by atoms with Gasteiger partial charge < -0.3 is 14.8 Å². The first-order valence-corrected chi connectivity index (χ1v) is 10.8. The molecule has 4 heterocycles. The maximum atomic E-state index is 13.1. The number of carbonyl (C=O) groups excluding carboxylic acids is 2. The molecule has 2 amide bonds. The van der Waals surface area contributed by atoms with Gasteiger partial charge >= 0.3 is 6.09 Å². The molecule has 1 N–H and O–H groups in total. The van der Waals surface area contributed by atoms with Gasteiger partial charge in [-0.2, -0.15) is 0 Å². The first kappa shape index (κ1) is 21.3. The van der Waals surface area contributed by atoms with E-state index in [1.54, 1.807) is 27.0 Å². The van der Waals surface area contributed by atoms with Gasteiger partial charge in [0.25, 0.3) is 5.91 Å². The van der Waals surface area contributed by atoms with E-state index in [2.05, 4.69) is 29.0 Å². The summed E-state index contributed by atoms with van der Waals surface area (Å²) in [4.78, 5) is 33.4. The summed E-state index contributed by atoms with van der Waals surface area (Å²) in [6, 6.07) is 0.751. The number of aromatic nitrogens is 1. The molecule has 2 fully saturated rings. The Morgan fingerprint density at radius 3 is 2.73 bits per heavy atom. The minimum absolute atomic E-state index is 0.0554. The number of morpholine rings is 1. The molecule has 8 nitrogen and oxygen atoms in total. The number of likely N-dealkylation sites (tertiary alicyclic amines) is 1. The molecule has 1 unspecified atom stereocenters. The molecule has 4 rings (SSSR count). The summed E-state index contributed by atoms with van der Waals surface area (Å²) >= 11 is 6.26. The van der Waals surface area contributed by atoms with E-state index in [1.165, 1.54) is 0 Å². The Labute approximate surface area is 181 Å². The summed E-state index contributed by atoms with van der Waals surface area (Å²) in [7, 11) is 0. The molecule has 164 valence electrons. The van der Waals surface area contributed by atoms with Crippen molar-refractivity contribution in [2.24, 2.45) is 0 Å². The Morgan fingerprint density at radius 2 is 2.13 bits per heavy atom. The number of imide groups is 1. The number of fused-ring (bicyclic) bond motifs is 3. The van der Waals surface area contributed by atoms with Crippen LogP contribution in [-0.4, -0.2) is 69.8 Å². The topological polar surface area (TPSA) is 84.0 Å². The fourth-order valence-corrected chi connectivity index (χ4v) is 4.64. The van der Waals surface area contributed by atoms with Gasteiger partial charge in [0, 0.05) is 30.2 Å². The smallest absolute Gasteiger partial charge is 0.417 e. The zero-order chi connectivity index (χ0) is 21.8. The lowest BCUT2D eigenvalue weighted by Crippen LogP contribution is -2.49. The third-order valence-electron chi connectivity index (χ3n) is 6.09. The third-order valence-corrected chi connectivity index (χ3v) is 6.41. The van der Waals surface area contributed by atoms with E-state index in [4.69, 9.17) is 21.1 Å². The van der Waals surface area contributed by atoms with Crippen molar-refractivity contribution < 1.29 is 19.1 Å². The zero-order valence-electron chi connectivity index (χ0n) is 18.1. The second-order valence-electron chi connectivity index (χ2n) is 9.40. The fourth-order valence-electron chi connectivity index (χ4n) is 4.44. The van der Waals surface area contributed by atoms with Crippen LogP contribution in [-0.2, 0) is 16.0 Å². The molecule has 0 spiro atoms. The SMILES string of the molecule is CC([C@H](C)Nc1cnc(Cl)c2c1C(=O)N(C(=O)OC(C)(C)C)C2)N1C[C@@H]2C[C@H]1CO2. The average molecular weight is 437 g/mol. The van der Waals surface area contributed by atoms with E-state index in [1.807, 2.05) is 0 Å². The van der Waals surface area contributed by atoms with Crippen LogP contribution in [0.5, 0.6) is 0 Å². The second-order valence-corrected chi connectivity index (χ2v) is 9.76. The quantitative estimate of drug-likeness (QED) is 0.725. The predicted octanol–water partition coefficient (Wildman–Crippen LogP) is 3.29. The first-order chi connectivity index (χ1) is 14.0. The molecule has 1 aromatic heterocycles. The Balaban J connectivity index is 1.52. The van der Waals surface area contributed by atoms with E-state index in [0.29, 0.717) is 29.0 Å². The molecule has 0 radical (unpaired) electrons. The molecule has 2 bridgehead atoms. The highest BCUT2D eigenvalue weighted by atomic mass is 35.5. The number of hydrogen-bond acceptors (Lipinski definition) is 7. The molecule has 9 heteroatoms. The highest BCUT2D eigenvalue weighted by Gasteiger charge is 2.43. The maximum Gasteiger partial charge on any atom is 0.417 e. The molecule has 0 aliphatic carbocycles. The van der Waals surface area contributed by atoms with Crippen molar-refractivity contribution in [1.29, 1.82) is 0 Å². The Bertz CT molecular complexity index is 871. The van der Waals surface area contributed by atoms with Gasteiger partial charge in [0.2, 0.25) is 0 Å². The van der Waals surface area contributed by atoms with Crippen molar-refractivity contribution in [3.05, 3.63) is 22.5 Å². The van der Waals surface area contributed by atoms with Crippen LogP contribution in [0.2, 0.25) is 5.15 Å². The number of pyridine rings is 1. The Kier molecular flexibility index (Phi) is 5.45. The molecule has 4 atom stereocenters. The summed E-state index contributed by atoms with van der Waals surface area (Å²) in [5.74, 6) is -0.417. The largest absolute Gasteiger partial charge is 0.443 e. The predicted molar refractivity (Wildman–Crippen MR) is 113 cm³/mol. The molecule has 3 aliphatic rings. The van der Waals surface area contributed by atoms with Gasteiger partial charge in [-0.1, -0.05) is 11.6 Å². The number of nitrogens with zero attached hydrogens (tertiary/aromatic N) is 3. The Hall–Kier alpha value is -1.90. The molecular weight excluding hydrogens is 408 g/mol. The van der Waals surface area contributed by atoms with E-state index >= 15 is 0 Å². The number of ether oxygens (including phenoxy) is 2. The van der Waals surface area contributed by atoms with Gasteiger partial charge in [0.15, 0.2) is 0 Å². The molecule has 0 aromatic carbocycles. The van der Waals surface area contributed by atoms with Crippen molar-refractivity contribution in [3.63, 3.8) is 0 Å². The van der Waals surface area contributed by atoms with Crippen LogP contribution in [0, 0.1) is 0 Å². The normalized spacial score (nSPS) is 25.4. The molecule has 2 saturated heterocycles. The van der Waals surface area contributed by atoms with Gasteiger partial charge in [-0.15, -0.1) is 0 Å². The van der Waals surface area contributed by atoms with Crippen molar-refractivity contribution >= 4 is 29.3 Å². The van der Waals surface area contributed by atoms with Crippen LogP contribution in [0.25, 0.3) is 0 Å². The van der Waals surface area contributed by atoms with Gasteiger partial charge in [-0.3, -0.25) is 9.69 Å². The van der Waals surface area contributed by atoms with E-state index in [-0.39, 0.29) is 23.8 Å². The monoisotopic (exact) mass is 436 g/mol. The zero-order valence-corrected chi connectivity index (χ0v) is 18.8. The van der Waals surface area contributed by atoms with Crippen LogP contribution in [0.3, 0.4) is 0 Å². The molecule has 1 aromatic rings. The number of carbonyl (C=O) groups is 2. The van der Waals surface area contributed by atoms with Crippen molar-refractivity contribution in [2.45, 2.75) is 77.4 Å². The molecule has 0 saturated carbocycles. The number of anilines is 1. The van der Waals surface area contributed by atoms with E-state index in [0.717, 1.165) is 24.5 Å².